The van der Waals surface area contributed by atoms with Crippen LogP contribution >= 0.6 is 0 Å². The van der Waals surface area contributed by atoms with Gasteiger partial charge in [-0.1, -0.05) is 47.5 Å². The monoisotopic (exact) mass is 616 g/mol. The number of nitrogens with zero attached hydrogens (tertiary/aromatic N) is 4. The normalized spacial score (nSPS) is 21.1. The fourth-order valence-corrected chi connectivity index (χ4v) is 7.58. The second kappa shape index (κ2) is 14.2. The smallest absolute Gasteiger partial charge is 0.410 e. The number of hydrogen-bond acceptors (Lipinski definition) is 6. The van der Waals surface area contributed by atoms with Gasteiger partial charge in [-0.05, 0) is 63.1 Å². The number of piperidine rings is 2. The number of benzene rings is 2. The van der Waals surface area contributed by atoms with E-state index >= 15 is 0 Å². The Morgan fingerprint density at radius 1 is 0.844 bits per heavy atom. The number of urea groups is 1. The van der Waals surface area contributed by atoms with Gasteiger partial charge in [0, 0.05) is 83.1 Å². The lowest BCUT2D eigenvalue weighted by Crippen LogP contribution is -2.54. The third-order valence-corrected chi connectivity index (χ3v) is 9.97. The highest BCUT2D eigenvalue weighted by atomic mass is 16.6. The van der Waals surface area contributed by atoms with Crippen molar-refractivity contribution < 1.29 is 19.1 Å². The standard InChI is InChI=1S/C35H48N6O4/c1-25-21-26(2)23-27(22-25)24-32(33(42)39-14-8-29(9-15-39)38-19-12-36-13-20-38)45-35(44)40-16-10-30(11-17-40)41-18-7-28-5-3-4-6-31(28)37-34(41)43/h3-6,21-23,29-30,32,36H,7-20,24H2,1-2H3,(H,37,43)/t32-/m1/s1. The average molecular weight is 617 g/mol. The maximum atomic E-state index is 13.9. The number of nitrogens with one attached hydrogen (secondary N) is 2. The summed E-state index contributed by atoms with van der Waals surface area (Å²) in [7, 11) is 0. The average Bonchev–Trinajstić information content (AvgIpc) is 3.22. The van der Waals surface area contributed by atoms with E-state index in [1.165, 1.54) is 0 Å². The summed E-state index contributed by atoms with van der Waals surface area (Å²) in [4.78, 5) is 48.6. The van der Waals surface area contributed by atoms with Gasteiger partial charge in [0.1, 0.15) is 0 Å². The van der Waals surface area contributed by atoms with Crippen molar-refractivity contribution in [2.45, 2.75) is 70.6 Å². The molecule has 0 bridgehead atoms. The van der Waals surface area contributed by atoms with Gasteiger partial charge in [-0.2, -0.15) is 0 Å². The molecule has 0 unspecified atom stereocenters. The number of hydrogen-bond donors (Lipinski definition) is 2. The van der Waals surface area contributed by atoms with Crippen LogP contribution in [-0.2, 0) is 22.4 Å². The third-order valence-electron chi connectivity index (χ3n) is 9.97. The number of anilines is 1. The molecule has 45 heavy (non-hydrogen) atoms. The minimum Gasteiger partial charge on any atom is -0.436 e. The van der Waals surface area contributed by atoms with Crippen LogP contribution in [0.15, 0.2) is 42.5 Å². The molecule has 0 spiro atoms. The topological polar surface area (TPSA) is 97.5 Å². The zero-order chi connectivity index (χ0) is 31.3. The van der Waals surface area contributed by atoms with Gasteiger partial charge in [-0.15, -0.1) is 0 Å². The van der Waals surface area contributed by atoms with Crippen molar-refractivity contribution in [2.75, 3.05) is 64.2 Å². The van der Waals surface area contributed by atoms with E-state index in [1.54, 1.807) is 4.90 Å². The molecule has 3 saturated heterocycles. The predicted octanol–water partition coefficient (Wildman–Crippen LogP) is 3.80. The Morgan fingerprint density at radius 2 is 1.49 bits per heavy atom. The number of carbonyl (C=O) groups is 3. The first-order valence-corrected chi connectivity index (χ1v) is 16.8. The van der Waals surface area contributed by atoms with Crippen LogP contribution in [0.5, 0.6) is 0 Å². The number of likely N-dealkylation sites (tertiary alicyclic amines) is 2. The number of carbonyl (C=O) groups excluding carboxylic acids is 3. The number of ether oxygens (including phenoxy) is 1. The predicted molar refractivity (Wildman–Crippen MR) is 174 cm³/mol. The number of fused-ring (bicyclic) bond motifs is 1. The van der Waals surface area contributed by atoms with Crippen molar-refractivity contribution in [1.29, 1.82) is 0 Å². The maximum Gasteiger partial charge on any atom is 0.410 e. The fourth-order valence-electron chi connectivity index (χ4n) is 7.58. The molecule has 4 aliphatic rings. The van der Waals surface area contributed by atoms with Crippen molar-refractivity contribution in [1.82, 2.24) is 24.9 Å². The molecular formula is C35H48N6O4. The lowest BCUT2D eigenvalue weighted by molar-refractivity contribution is -0.142. The largest absolute Gasteiger partial charge is 0.436 e. The van der Waals surface area contributed by atoms with E-state index in [4.69, 9.17) is 4.74 Å². The summed E-state index contributed by atoms with van der Waals surface area (Å²) in [5, 5.41) is 6.48. The van der Waals surface area contributed by atoms with Crippen LogP contribution in [0.25, 0.3) is 0 Å². The maximum absolute atomic E-state index is 13.9. The summed E-state index contributed by atoms with van der Waals surface area (Å²) < 4.78 is 6.08. The molecule has 0 radical (unpaired) electrons. The lowest BCUT2D eigenvalue weighted by Gasteiger charge is -2.41. The molecule has 2 N–H and O–H groups in total. The molecule has 4 aliphatic heterocycles. The van der Waals surface area contributed by atoms with Gasteiger partial charge >= 0.3 is 12.1 Å². The molecule has 1 atom stereocenters. The first-order valence-electron chi connectivity index (χ1n) is 16.8. The van der Waals surface area contributed by atoms with Crippen molar-refractivity contribution in [3.05, 3.63) is 64.7 Å². The first kappa shape index (κ1) is 31.4. The Labute approximate surface area is 267 Å². The van der Waals surface area contributed by atoms with E-state index in [0.717, 1.165) is 73.4 Å². The van der Waals surface area contributed by atoms with Gasteiger partial charge in [0.2, 0.25) is 0 Å². The van der Waals surface area contributed by atoms with Gasteiger partial charge in [-0.3, -0.25) is 9.69 Å². The van der Waals surface area contributed by atoms with Crippen LogP contribution in [0.3, 0.4) is 0 Å². The van der Waals surface area contributed by atoms with E-state index in [-0.39, 0.29) is 18.0 Å². The van der Waals surface area contributed by atoms with Crippen LogP contribution < -0.4 is 10.6 Å². The highest BCUT2D eigenvalue weighted by Crippen LogP contribution is 2.26. The molecule has 10 heteroatoms. The summed E-state index contributed by atoms with van der Waals surface area (Å²) in [5.74, 6) is -0.100. The zero-order valence-corrected chi connectivity index (χ0v) is 26.8. The van der Waals surface area contributed by atoms with E-state index in [1.807, 2.05) is 41.8 Å². The number of para-hydroxylation sites is 1. The first-order chi connectivity index (χ1) is 21.8. The zero-order valence-electron chi connectivity index (χ0n) is 26.8. The number of rotatable bonds is 6. The van der Waals surface area contributed by atoms with E-state index in [9.17, 15) is 14.4 Å². The van der Waals surface area contributed by atoms with Crippen molar-refractivity contribution in [3.8, 4) is 0 Å². The number of amides is 4. The highest BCUT2D eigenvalue weighted by Gasteiger charge is 2.36. The van der Waals surface area contributed by atoms with E-state index in [2.05, 4.69) is 39.8 Å². The van der Waals surface area contributed by atoms with Gasteiger partial charge in [-0.25, -0.2) is 9.59 Å². The van der Waals surface area contributed by atoms with Gasteiger partial charge < -0.3 is 30.1 Å². The molecule has 0 aliphatic carbocycles. The molecule has 10 nitrogen and oxygen atoms in total. The third kappa shape index (κ3) is 7.61. The Hall–Kier alpha value is -3.63. The summed E-state index contributed by atoms with van der Waals surface area (Å²) in [6, 6.07) is 14.7. The molecule has 242 valence electrons. The molecule has 0 aromatic heterocycles. The van der Waals surface area contributed by atoms with Crippen LogP contribution in [0.2, 0.25) is 0 Å². The van der Waals surface area contributed by atoms with Crippen molar-refractivity contribution >= 4 is 23.7 Å². The Bertz CT molecular complexity index is 1340. The lowest BCUT2D eigenvalue weighted by atomic mass is 9.99. The van der Waals surface area contributed by atoms with E-state index < -0.39 is 12.2 Å². The van der Waals surface area contributed by atoms with Crippen LogP contribution in [-0.4, -0.2) is 115 Å². The molecule has 4 amide bonds. The minimum absolute atomic E-state index is 0.0491. The van der Waals surface area contributed by atoms with Crippen LogP contribution in [0.1, 0.15) is 47.9 Å². The molecule has 2 aromatic carbocycles. The Morgan fingerprint density at radius 3 is 2.20 bits per heavy atom. The molecular weight excluding hydrogens is 568 g/mol. The summed E-state index contributed by atoms with van der Waals surface area (Å²) in [6.07, 6.45) is 3.07. The van der Waals surface area contributed by atoms with Crippen LogP contribution in [0, 0.1) is 13.8 Å². The van der Waals surface area contributed by atoms with Gasteiger partial charge in [0.25, 0.3) is 5.91 Å². The number of aryl methyl sites for hydroxylation is 2. The highest BCUT2D eigenvalue weighted by molar-refractivity contribution is 5.91. The Kier molecular flexibility index (Phi) is 9.90. The summed E-state index contributed by atoms with van der Waals surface area (Å²) >= 11 is 0. The van der Waals surface area contributed by atoms with Crippen LogP contribution in [0.4, 0.5) is 15.3 Å². The van der Waals surface area contributed by atoms with Gasteiger partial charge in [0.05, 0.1) is 0 Å². The Balaban J connectivity index is 1.07. The second-order valence-corrected chi connectivity index (χ2v) is 13.2. The van der Waals surface area contributed by atoms with E-state index in [0.29, 0.717) is 58.0 Å². The molecule has 4 heterocycles. The number of piperazine rings is 1. The molecule has 0 saturated carbocycles. The second-order valence-electron chi connectivity index (χ2n) is 13.2. The fraction of sp³-hybridized carbons (Fsp3) is 0.571. The summed E-state index contributed by atoms with van der Waals surface area (Å²) in [5.41, 5.74) is 5.27. The molecule has 2 aromatic rings. The van der Waals surface area contributed by atoms with Gasteiger partial charge in [0.15, 0.2) is 6.10 Å². The molecule has 6 rings (SSSR count). The van der Waals surface area contributed by atoms with Crippen molar-refractivity contribution in [2.24, 2.45) is 0 Å². The SMILES string of the molecule is Cc1cc(C)cc(C[C@@H](OC(=O)N2CCC(N3CCc4ccccc4NC3=O)CC2)C(=O)N2CCC(N3CCNCC3)CC2)c1. The summed E-state index contributed by atoms with van der Waals surface area (Å²) in [6.45, 7) is 11.2. The quantitative estimate of drug-likeness (QED) is 0.513. The van der Waals surface area contributed by atoms with Crippen molar-refractivity contribution in [3.63, 3.8) is 0 Å². The molecule has 3 fully saturated rings. The minimum atomic E-state index is -0.873.